The highest BCUT2D eigenvalue weighted by Gasteiger charge is 2.38. The van der Waals surface area contributed by atoms with Gasteiger partial charge >= 0.3 is 0 Å². The van der Waals surface area contributed by atoms with Crippen LogP contribution >= 0.6 is 0 Å². The van der Waals surface area contributed by atoms with E-state index in [-0.39, 0.29) is 11.6 Å². The molecule has 114 valence electrons. The fourth-order valence-corrected chi connectivity index (χ4v) is 4.30. The van der Waals surface area contributed by atoms with Crippen LogP contribution in [0.5, 0.6) is 0 Å². The van der Waals surface area contributed by atoms with Crippen LogP contribution in [-0.4, -0.2) is 35.2 Å². The van der Waals surface area contributed by atoms with E-state index in [1.54, 1.807) is 4.57 Å². The number of aryl methyl sites for hydroxylation is 1. The number of hydrogen-bond acceptors (Lipinski definition) is 4. The molecule has 2 atom stereocenters. The van der Waals surface area contributed by atoms with Gasteiger partial charge in [-0.25, -0.2) is 18.1 Å². The molecule has 0 saturated heterocycles. The quantitative estimate of drug-likeness (QED) is 0.853. The minimum atomic E-state index is -3.69. The molecule has 6 nitrogen and oxygen atoms in total. The number of aliphatic hydroxyl groups excluding tert-OH is 1. The topological polar surface area (TPSA) is 84.2 Å². The summed E-state index contributed by atoms with van der Waals surface area (Å²) >= 11 is 0. The molecule has 2 rings (SSSR count). The third-order valence-corrected chi connectivity index (χ3v) is 5.46. The molecule has 7 heteroatoms. The molecule has 1 saturated carbocycles. The molecule has 1 aromatic heterocycles. The van der Waals surface area contributed by atoms with E-state index in [1.165, 1.54) is 12.5 Å². The zero-order valence-corrected chi connectivity index (χ0v) is 12.9. The monoisotopic (exact) mass is 301 g/mol. The first kappa shape index (κ1) is 15.5. The second-order valence-corrected chi connectivity index (χ2v) is 7.42. The van der Waals surface area contributed by atoms with Crippen LogP contribution in [0.4, 0.5) is 0 Å². The highest BCUT2D eigenvalue weighted by Crippen LogP contribution is 2.33. The van der Waals surface area contributed by atoms with Gasteiger partial charge in [0.2, 0.25) is 0 Å². The van der Waals surface area contributed by atoms with Crippen LogP contribution in [0, 0.1) is 5.92 Å². The summed E-state index contributed by atoms with van der Waals surface area (Å²) in [5.74, 6) is 0.409. The molecule has 1 aliphatic rings. The lowest BCUT2D eigenvalue weighted by Crippen LogP contribution is -2.53. The average Bonchev–Trinajstić information content (AvgIpc) is 2.88. The molecule has 0 bridgehead atoms. The third kappa shape index (κ3) is 3.21. The maximum absolute atomic E-state index is 12.4. The molecular formula is C13H23N3O3S. The number of rotatable bonds is 5. The number of aromatic nitrogens is 2. The first-order valence-corrected chi connectivity index (χ1v) is 8.56. The van der Waals surface area contributed by atoms with Gasteiger partial charge in [0.05, 0.1) is 18.5 Å². The molecule has 0 radical (unpaired) electrons. The number of imidazole rings is 1. The number of sulfonamides is 1. The molecule has 1 heterocycles. The highest BCUT2D eigenvalue weighted by atomic mass is 32.2. The second kappa shape index (κ2) is 5.83. The van der Waals surface area contributed by atoms with Gasteiger partial charge < -0.3 is 9.67 Å². The molecule has 0 aliphatic heterocycles. The van der Waals surface area contributed by atoms with Crippen LogP contribution in [0.2, 0.25) is 0 Å². The Kier molecular flexibility index (Phi) is 4.51. The average molecular weight is 301 g/mol. The fourth-order valence-electron chi connectivity index (χ4n) is 2.92. The maximum atomic E-state index is 12.4. The Hall–Kier alpha value is -0.920. The van der Waals surface area contributed by atoms with Crippen LogP contribution in [0.3, 0.4) is 0 Å². The Morgan fingerprint density at radius 3 is 2.90 bits per heavy atom. The van der Waals surface area contributed by atoms with Gasteiger partial charge in [0.25, 0.3) is 10.0 Å². The largest absolute Gasteiger partial charge is 0.394 e. The first-order chi connectivity index (χ1) is 9.41. The van der Waals surface area contributed by atoms with Crippen molar-refractivity contribution in [3.8, 4) is 0 Å². The standard InChI is InChI=1S/C13H23N3O3S/c1-3-16-8-12(14-10-16)20(18,19)15-13(9-17)6-4-5-11(2)7-13/h8,10-11,15,17H,3-7,9H2,1-2H3. The van der Waals surface area contributed by atoms with Crippen molar-refractivity contribution in [2.75, 3.05) is 6.61 Å². The summed E-state index contributed by atoms with van der Waals surface area (Å²) in [6, 6.07) is 0. The zero-order chi connectivity index (χ0) is 14.8. The van der Waals surface area contributed by atoms with Crippen molar-refractivity contribution in [3.63, 3.8) is 0 Å². The SMILES string of the molecule is CCn1cnc(S(=O)(=O)NC2(CO)CCCC(C)C2)c1. The minimum absolute atomic E-state index is 0.0189. The van der Waals surface area contributed by atoms with E-state index in [2.05, 4.69) is 16.6 Å². The summed E-state index contributed by atoms with van der Waals surface area (Å²) in [5, 5.41) is 9.69. The summed E-state index contributed by atoms with van der Waals surface area (Å²) in [6.45, 7) is 4.50. The molecule has 20 heavy (non-hydrogen) atoms. The Labute approximate surface area is 120 Å². The zero-order valence-electron chi connectivity index (χ0n) is 12.0. The van der Waals surface area contributed by atoms with Crippen LogP contribution in [0.15, 0.2) is 17.6 Å². The molecule has 0 spiro atoms. The van der Waals surface area contributed by atoms with E-state index in [9.17, 15) is 13.5 Å². The maximum Gasteiger partial charge on any atom is 0.260 e. The normalized spacial score (nSPS) is 27.6. The van der Waals surface area contributed by atoms with Gasteiger partial charge in [-0.05, 0) is 25.7 Å². The summed E-state index contributed by atoms with van der Waals surface area (Å²) in [6.07, 6.45) is 6.35. The molecule has 1 fully saturated rings. The van der Waals surface area contributed by atoms with Gasteiger partial charge in [-0.2, -0.15) is 0 Å². The van der Waals surface area contributed by atoms with E-state index < -0.39 is 15.6 Å². The van der Waals surface area contributed by atoms with Crippen molar-refractivity contribution in [1.82, 2.24) is 14.3 Å². The van der Waals surface area contributed by atoms with Crippen LogP contribution in [-0.2, 0) is 16.6 Å². The Bertz CT molecular complexity index is 555. The fraction of sp³-hybridized carbons (Fsp3) is 0.769. The lowest BCUT2D eigenvalue weighted by atomic mass is 9.78. The third-order valence-electron chi connectivity index (χ3n) is 4.00. The van der Waals surface area contributed by atoms with E-state index in [4.69, 9.17) is 0 Å². The molecule has 2 N–H and O–H groups in total. The van der Waals surface area contributed by atoms with Gasteiger partial charge in [0, 0.05) is 12.7 Å². The van der Waals surface area contributed by atoms with Gasteiger partial charge in [0.1, 0.15) is 0 Å². The summed E-state index contributed by atoms with van der Waals surface area (Å²) in [4.78, 5) is 3.94. The van der Waals surface area contributed by atoms with Crippen LogP contribution in [0.25, 0.3) is 0 Å². The molecule has 0 amide bonds. The second-order valence-electron chi connectivity index (χ2n) is 5.79. The molecule has 0 aromatic carbocycles. The lowest BCUT2D eigenvalue weighted by molar-refractivity contribution is 0.119. The van der Waals surface area contributed by atoms with E-state index >= 15 is 0 Å². The number of nitrogens with one attached hydrogen (secondary N) is 1. The van der Waals surface area contributed by atoms with Gasteiger partial charge in [0.15, 0.2) is 5.03 Å². The number of aliphatic hydroxyl groups is 1. The summed E-state index contributed by atoms with van der Waals surface area (Å²) in [5.41, 5.74) is -0.744. The number of hydrogen-bond donors (Lipinski definition) is 2. The van der Waals surface area contributed by atoms with Crippen molar-refractivity contribution >= 4 is 10.0 Å². The Morgan fingerprint density at radius 1 is 1.60 bits per heavy atom. The predicted octanol–water partition coefficient (Wildman–Crippen LogP) is 1.12. The van der Waals surface area contributed by atoms with Crippen molar-refractivity contribution in [2.24, 2.45) is 5.92 Å². The Morgan fingerprint density at radius 2 is 2.35 bits per heavy atom. The van der Waals surface area contributed by atoms with Crippen molar-refractivity contribution in [2.45, 2.75) is 56.6 Å². The summed E-state index contributed by atoms with van der Waals surface area (Å²) < 4.78 is 29.2. The number of nitrogens with zero attached hydrogens (tertiary/aromatic N) is 2. The molecule has 1 aliphatic carbocycles. The van der Waals surface area contributed by atoms with Crippen molar-refractivity contribution < 1.29 is 13.5 Å². The smallest absolute Gasteiger partial charge is 0.260 e. The van der Waals surface area contributed by atoms with Crippen LogP contribution in [0.1, 0.15) is 39.5 Å². The van der Waals surface area contributed by atoms with E-state index in [0.29, 0.717) is 25.3 Å². The lowest BCUT2D eigenvalue weighted by Gasteiger charge is -2.38. The van der Waals surface area contributed by atoms with E-state index in [0.717, 1.165) is 12.8 Å². The van der Waals surface area contributed by atoms with Crippen molar-refractivity contribution in [3.05, 3.63) is 12.5 Å². The van der Waals surface area contributed by atoms with Crippen LogP contribution < -0.4 is 4.72 Å². The first-order valence-electron chi connectivity index (χ1n) is 7.07. The predicted molar refractivity (Wildman–Crippen MR) is 75.7 cm³/mol. The Balaban J connectivity index is 2.21. The van der Waals surface area contributed by atoms with Gasteiger partial charge in [-0.15, -0.1) is 0 Å². The minimum Gasteiger partial charge on any atom is -0.394 e. The van der Waals surface area contributed by atoms with E-state index in [1.807, 2.05) is 6.92 Å². The van der Waals surface area contributed by atoms with Crippen molar-refractivity contribution in [1.29, 1.82) is 0 Å². The molecule has 2 unspecified atom stereocenters. The molecular weight excluding hydrogens is 278 g/mol. The summed E-state index contributed by atoms with van der Waals surface area (Å²) in [7, 11) is -3.69. The highest BCUT2D eigenvalue weighted by molar-refractivity contribution is 7.89. The molecule has 1 aromatic rings. The van der Waals surface area contributed by atoms with Gasteiger partial charge in [-0.1, -0.05) is 19.8 Å². The van der Waals surface area contributed by atoms with Gasteiger partial charge in [-0.3, -0.25) is 0 Å².